The Labute approximate surface area is 115 Å². The zero-order valence-electron chi connectivity index (χ0n) is 11.3. The van der Waals surface area contributed by atoms with E-state index in [-0.39, 0.29) is 11.3 Å². The van der Waals surface area contributed by atoms with Gasteiger partial charge in [-0.25, -0.2) is 4.39 Å². The molecule has 2 rings (SSSR count). The first-order valence-corrected chi connectivity index (χ1v) is 6.16. The number of amides is 1. The Morgan fingerprint density at radius 3 is 2.75 bits per heavy atom. The maximum atomic E-state index is 13.9. The van der Waals surface area contributed by atoms with Crippen molar-refractivity contribution in [1.29, 1.82) is 0 Å². The number of morpholine rings is 1. The number of nitro groups is 1. The smallest absolute Gasteiger partial charge is 0.272 e. The Balaban J connectivity index is 2.31. The summed E-state index contributed by atoms with van der Waals surface area (Å²) >= 11 is 0. The van der Waals surface area contributed by atoms with Crippen molar-refractivity contribution in [3.63, 3.8) is 0 Å². The Morgan fingerprint density at radius 1 is 1.50 bits per heavy atom. The summed E-state index contributed by atoms with van der Waals surface area (Å²) in [7, 11) is 0. The van der Waals surface area contributed by atoms with Gasteiger partial charge in [0.15, 0.2) is 0 Å². The molecule has 0 atom stereocenters. The first kappa shape index (κ1) is 14.4. The number of nitro benzene ring substituents is 1. The van der Waals surface area contributed by atoms with Gasteiger partial charge in [-0.05, 0) is 19.9 Å². The van der Waals surface area contributed by atoms with Crippen LogP contribution < -0.4 is 0 Å². The lowest BCUT2D eigenvalue weighted by Crippen LogP contribution is -2.55. The largest absolute Gasteiger partial charge is 0.377 e. The predicted octanol–water partition coefficient (Wildman–Crippen LogP) is 1.98. The molecule has 1 aliphatic rings. The second-order valence-corrected chi connectivity index (χ2v) is 5.24. The summed E-state index contributed by atoms with van der Waals surface area (Å²) < 4.78 is 19.2. The van der Waals surface area contributed by atoms with Gasteiger partial charge in [0.25, 0.3) is 11.6 Å². The molecular weight excluding hydrogens is 267 g/mol. The fourth-order valence-corrected chi connectivity index (χ4v) is 2.17. The van der Waals surface area contributed by atoms with Gasteiger partial charge in [-0.1, -0.05) is 0 Å². The SMILES string of the molecule is CC1(C)COCCN1C(=O)c1ccc([N+](=O)[O-])cc1F. The second-order valence-electron chi connectivity index (χ2n) is 5.24. The second kappa shape index (κ2) is 5.16. The lowest BCUT2D eigenvalue weighted by Gasteiger charge is -2.42. The third-order valence-electron chi connectivity index (χ3n) is 3.28. The summed E-state index contributed by atoms with van der Waals surface area (Å²) in [6.45, 7) is 4.78. The predicted molar refractivity (Wildman–Crippen MR) is 69.0 cm³/mol. The van der Waals surface area contributed by atoms with E-state index in [9.17, 15) is 19.3 Å². The lowest BCUT2D eigenvalue weighted by molar-refractivity contribution is -0.385. The van der Waals surface area contributed by atoms with Gasteiger partial charge < -0.3 is 9.64 Å². The average molecular weight is 282 g/mol. The topological polar surface area (TPSA) is 72.7 Å². The first-order chi connectivity index (χ1) is 9.33. The molecule has 0 radical (unpaired) electrons. The third-order valence-corrected chi connectivity index (χ3v) is 3.28. The van der Waals surface area contributed by atoms with Crippen LogP contribution in [0.2, 0.25) is 0 Å². The number of hydrogen-bond donors (Lipinski definition) is 0. The van der Waals surface area contributed by atoms with Gasteiger partial charge in [-0.2, -0.15) is 0 Å². The molecule has 20 heavy (non-hydrogen) atoms. The minimum atomic E-state index is -0.883. The van der Waals surface area contributed by atoms with Gasteiger partial charge in [0.2, 0.25) is 0 Å². The molecule has 1 heterocycles. The van der Waals surface area contributed by atoms with Crippen LogP contribution in [0.15, 0.2) is 18.2 Å². The van der Waals surface area contributed by atoms with E-state index in [4.69, 9.17) is 4.74 Å². The van der Waals surface area contributed by atoms with E-state index in [2.05, 4.69) is 0 Å². The number of benzene rings is 1. The molecule has 0 aliphatic carbocycles. The highest BCUT2D eigenvalue weighted by Gasteiger charge is 2.35. The quantitative estimate of drug-likeness (QED) is 0.614. The Kier molecular flexibility index (Phi) is 3.71. The van der Waals surface area contributed by atoms with Crippen molar-refractivity contribution in [2.24, 2.45) is 0 Å². The van der Waals surface area contributed by atoms with E-state index < -0.39 is 22.2 Å². The van der Waals surface area contributed by atoms with E-state index in [0.717, 1.165) is 18.2 Å². The van der Waals surface area contributed by atoms with Crippen molar-refractivity contribution < 1.29 is 18.8 Å². The fourth-order valence-electron chi connectivity index (χ4n) is 2.17. The van der Waals surface area contributed by atoms with Crippen molar-refractivity contribution in [1.82, 2.24) is 4.90 Å². The summed E-state index contributed by atoms with van der Waals surface area (Å²) in [5.74, 6) is -1.36. The number of carbonyl (C=O) groups excluding carboxylic acids is 1. The molecular formula is C13H15FN2O4. The van der Waals surface area contributed by atoms with Gasteiger partial charge in [0, 0.05) is 12.6 Å². The van der Waals surface area contributed by atoms with Crippen LogP contribution in [0.4, 0.5) is 10.1 Å². The summed E-state index contributed by atoms with van der Waals surface area (Å²) in [6, 6.07) is 3.05. The van der Waals surface area contributed by atoms with E-state index in [1.54, 1.807) is 0 Å². The van der Waals surface area contributed by atoms with Crippen LogP contribution in [-0.4, -0.2) is 41.0 Å². The number of carbonyl (C=O) groups is 1. The van der Waals surface area contributed by atoms with Crippen LogP contribution >= 0.6 is 0 Å². The highest BCUT2D eigenvalue weighted by atomic mass is 19.1. The molecule has 7 heteroatoms. The van der Waals surface area contributed by atoms with Crippen LogP contribution in [0.5, 0.6) is 0 Å². The average Bonchev–Trinajstić information content (AvgIpc) is 2.37. The van der Waals surface area contributed by atoms with Crippen molar-refractivity contribution in [3.8, 4) is 0 Å². The molecule has 1 saturated heterocycles. The van der Waals surface area contributed by atoms with E-state index in [1.807, 2.05) is 13.8 Å². The van der Waals surface area contributed by atoms with Crippen LogP contribution in [0.25, 0.3) is 0 Å². The van der Waals surface area contributed by atoms with Crippen LogP contribution in [-0.2, 0) is 4.74 Å². The van der Waals surface area contributed by atoms with Gasteiger partial charge in [-0.15, -0.1) is 0 Å². The normalized spacial score (nSPS) is 17.9. The molecule has 0 saturated carbocycles. The maximum absolute atomic E-state index is 13.9. The summed E-state index contributed by atoms with van der Waals surface area (Å²) in [5.41, 5.74) is -1.07. The van der Waals surface area contributed by atoms with Crippen LogP contribution in [0.1, 0.15) is 24.2 Å². The minimum absolute atomic E-state index is 0.162. The number of non-ortho nitro benzene ring substituents is 1. The molecule has 1 amide bonds. The molecule has 1 aromatic rings. The summed E-state index contributed by atoms with van der Waals surface area (Å²) in [6.07, 6.45) is 0. The van der Waals surface area contributed by atoms with Gasteiger partial charge in [-0.3, -0.25) is 14.9 Å². The number of halogens is 1. The number of ether oxygens (including phenoxy) is 1. The van der Waals surface area contributed by atoms with Crippen molar-refractivity contribution in [2.45, 2.75) is 19.4 Å². The standard InChI is InChI=1S/C13H15FN2O4/c1-13(2)8-20-6-5-15(13)12(17)10-4-3-9(16(18)19)7-11(10)14/h3-4,7H,5-6,8H2,1-2H3. The van der Waals surface area contributed by atoms with Crippen LogP contribution in [0.3, 0.4) is 0 Å². The maximum Gasteiger partial charge on any atom is 0.272 e. The third kappa shape index (κ3) is 2.62. The van der Waals surface area contributed by atoms with E-state index >= 15 is 0 Å². The highest BCUT2D eigenvalue weighted by Crippen LogP contribution is 2.24. The Hall–Kier alpha value is -2.02. The molecule has 1 aliphatic heterocycles. The van der Waals surface area contributed by atoms with Crippen LogP contribution in [0, 0.1) is 15.9 Å². The Bertz CT molecular complexity index is 559. The molecule has 108 valence electrons. The fraction of sp³-hybridized carbons (Fsp3) is 0.462. The lowest BCUT2D eigenvalue weighted by atomic mass is 10.0. The molecule has 0 unspecified atom stereocenters. The number of nitrogens with zero attached hydrogens (tertiary/aromatic N) is 2. The minimum Gasteiger partial charge on any atom is -0.377 e. The Morgan fingerprint density at radius 2 is 2.20 bits per heavy atom. The molecule has 0 bridgehead atoms. The molecule has 1 aromatic carbocycles. The summed E-state index contributed by atoms with van der Waals surface area (Å²) in [4.78, 5) is 23.8. The number of rotatable bonds is 2. The van der Waals surface area contributed by atoms with Gasteiger partial charge in [0.05, 0.1) is 35.3 Å². The van der Waals surface area contributed by atoms with E-state index in [1.165, 1.54) is 4.90 Å². The van der Waals surface area contributed by atoms with Crippen molar-refractivity contribution in [3.05, 3.63) is 39.7 Å². The van der Waals surface area contributed by atoms with Crippen molar-refractivity contribution in [2.75, 3.05) is 19.8 Å². The molecule has 0 spiro atoms. The summed E-state index contributed by atoms with van der Waals surface area (Å²) in [5, 5.41) is 10.6. The van der Waals surface area contributed by atoms with Crippen molar-refractivity contribution >= 4 is 11.6 Å². The zero-order chi connectivity index (χ0) is 14.9. The monoisotopic (exact) mass is 282 g/mol. The molecule has 1 fully saturated rings. The van der Waals surface area contributed by atoms with E-state index in [0.29, 0.717) is 19.8 Å². The van der Waals surface area contributed by atoms with Gasteiger partial charge >= 0.3 is 0 Å². The molecule has 0 aromatic heterocycles. The first-order valence-electron chi connectivity index (χ1n) is 6.16. The molecule has 0 N–H and O–H groups in total. The zero-order valence-corrected chi connectivity index (χ0v) is 11.3. The van der Waals surface area contributed by atoms with Gasteiger partial charge in [0.1, 0.15) is 5.82 Å². The molecule has 6 nitrogen and oxygen atoms in total. The highest BCUT2D eigenvalue weighted by molar-refractivity contribution is 5.95. The number of hydrogen-bond acceptors (Lipinski definition) is 4.